The van der Waals surface area contributed by atoms with Crippen LogP contribution in [0.25, 0.3) is 0 Å². The normalized spacial score (nSPS) is 12.9. The summed E-state index contributed by atoms with van der Waals surface area (Å²) >= 11 is 0. The van der Waals surface area contributed by atoms with E-state index in [4.69, 9.17) is 10.8 Å². The fraction of sp³-hybridized carbons (Fsp3) is 0.750. The SMILES string of the molecule is CC(CC(=O)N(CC(N)=O)CC(=O)O)C(C)(C)C. The number of hydrogen-bond donors (Lipinski definition) is 2. The van der Waals surface area contributed by atoms with Gasteiger partial charge >= 0.3 is 5.97 Å². The van der Waals surface area contributed by atoms with Crippen LogP contribution in [0.3, 0.4) is 0 Å². The maximum atomic E-state index is 11.9. The zero-order valence-corrected chi connectivity index (χ0v) is 11.4. The minimum absolute atomic E-state index is 0.0583. The summed E-state index contributed by atoms with van der Waals surface area (Å²) in [4.78, 5) is 34.4. The Bertz CT molecular complexity index is 317. The Morgan fingerprint density at radius 2 is 1.72 bits per heavy atom. The lowest BCUT2D eigenvalue weighted by Gasteiger charge is -2.29. The van der Waals surface area contributed by atoms with Gasteiger partial charge in [0.1, 0.15) is 6.54 Å². The van der Waals surface area contributed by atoms with Gasteiger partial charge in [-0.25, -0.2) is 0 Å². The molecule has 0 bridgehead atoms. The second kappa shape index (κ2) is 6.37. The lowest BCUT2D eigenvalue weighted by atomic mass is 9.80. The van der Waals surface area contributed by atoms with E-state index < -0.39 is 18.4 Å². The Morgan fingerprint density at radius 1 is 1.22 bits per heavy atom. The van der Waals surface area contributed by atoms with E-state index in [-0.39, 0.29) is 30.2 Å². The lowest BCUT2D eigenvalue weighted by Crippen LogP contribution is -2.42. The molecule has 0 saturated carbocycles. The van der Waals surface area contributed by atoms with Gasteiger partial charge in [0.25, 0.3) is 0 Å². The Morgan fingerprint density at radius 3 is 2.06 bits per heavy atom. The van der Waals surface area contributed by atoms with Gasteiger partial charge < -0.3 is 15.7 Å². The van der Waals surface area contributed by atoms with Crippen LogP contribution in [0.5, 0.6) is 0 Å². The molecule has 0 heterocycles. The van der Waals surface area contributed by atoms with E-state index in [1.54, 1.807) is 0 Å². The van der Waals surface area contributed by atoms with E-state index in [0.717, 1.165) is 4.90 Å². The van der Waals surface area contributed by atoms with Gasteiger partial charge in [-0.05, 0) is 11.3 Å². The fourth-order valence-corrected chi connectivity index (χ4v) is 1.28. The molecule has 18 heavy (non-hydrogen) atoms. The molecule has 0 aromatic heterocycles. The van der Waals surface area contributed by atoms with Crippen molar-refractivity contribution < 1.29 is 19.5 Å². The summed E-state index contributed by atoms with van der Waals surface area (Å²) in [6, 6.07) is 0. The summed E-state index contributed by atoms with van der Waals surface area (Å²) in [6.07, 6.45) is 0.198. The molecule has 6 heteroatoms. The molecule has 104 valence electrons. The third-order valence-corrected chi connectivity index (χ3v) is 2.98. The number of carbonyl (C=O) groups excluding carboxylic acids is 2. The Labute approximate surface area is 107 Å². The monoisotopic (exact) mass is 258 g/mol. The van der Waals surface area contributed by atoms with Crippen molar-refractivity contribution in [2.75, 3.05) is 13.1 Å². The molecular formula is C12H22N2O4. The molecule has 0 aliphatic carbocycles. The average Bonchev–Trinajstić information content (AvgIpc) is 2.13. The van der Waals surface area contributed by atoms with Crippen LogP contribution in [0.2, 0.25) is 0 Å². The quantitative estimate of drug-likeness (QED) is 0.722. The van der Waals surface area contributed by atoms with Crippen LogP contribution in [0.1, 0.15) is 34.1 Å². The predicted octanol–water partition coefficient (Wildman–Crippen LogP) is 0.457. The van der Waals surface area contributed by atoms with E-state index in [0.29, 0.717) is 0 Å². The molecule has 1 unspecified atom stereocenters. The number of nitrogens with zero attached hydrogens (tertiary/aromatic N) is 1. The summed E-state index contributed by atoms with van der Waals surface area (Å²) in [5.74, 6) is -2.16. The van der Waals surface area contributed by atoms with Crippen molar-refractivity contribution in [3.05, 3.63) is 0 Å². The second-order valence-electron chi connectivity index (χ2n) is 5.58. The zero-order chi connectivity index (χ0) is 14.5. The predicted molar refractivity (Wildman–Crippen MR) is 66.6 cm³/mol. The van der Waals surface area contributed by atoms with Crippen molar-refractivity contribution in [3.63, 3.8) is 0 Å². The number of hydrogen-bond acceptors (Lipinski definition) is 3. The minimum atomic E-state index is -1.16. The molecule has 6 nitrogen and oxygen atoms in total. The molecule has 0 radical (unpaired) electrons. The first-order valence-corrected chi connectivity index (χ1v) is 5.82. The van der Waals surface area contributed by atoms with Gasteiger partial charge in [-0.15, -0.1) is 0 Å². The van der Waals surface area contributed by atoms with Crippen molar-refractivity contribution in [3.8, 4) is 0 Å². The van der Waals surface area contributed by atoms with Gasteiger partial charge in [0.15, 0.2) is 0 Å². The summed E-state index contributed by atoms with van der Waals surface area (Å²) in [6.45, 7) is 7.06. The van der Waals surface area contributed by atoms with E-state index >= 15 is 0 Å². The van der Waals surface area contributed by atoms with Gasteiger partial charge in [0.05, 0.1) is 6.54 Å². The van der Waals surface area contributed by atoms with Gasteiger partial charge in [-0.1, -0.05) is 27.7 Å². The zero-order valence-electron chi connectivity index (χ0n) is 11.4. The van der Waals surface area contributed by atoms with Gasteiger partial charge in [0.2, 0.25) is 11.8 Å². The molecular weight excluding hydrogens is 236 g/mol. The number of rotatable bonds is 6. The number of aliphatic carboxylic acids is 1. The standard InChI is InChI=1S/C12H22N2O4/c1-8(12(2,3)4)5-10(16)14(6-9(13)15)7-11(17)18/h8H,5-7H2,1-4H3,(H2,13,15)(H,17,18). The number of nitrogens with two attached hydrogens (primary N) is 1. The van der Waals surface area contributed by atoms with E-state index in [1.807, 2.05) is 27.7 Å². The highest BCUT2D eigenvalue weighted by molar-refractivity contribution is 5.86. The van der Waals surface area contributed by atoms with Crippen LogP contribution >= 0.6 is 0 Å². The largest absolute Gasteiger partial charge is 0.480 e. The second-order valence-corrected chi connectivity index (χ2v) is 5.58. The van der Waals surface area contributed by atoms with Gasteiger partial charge in [-0.2, -0.15) is 0 Å². The average molecular weight is 258 g/mol. The summed E-state index contributed by atoms with van der Waals surface area (Å²) in [5, 5.41) is 8.69. The van der Waals surface area contributed by atoms with Crippen molar-refractivity contribution in [2.24, 2.45) is 17.1 Å². The lowest BCUT2D eigenvalue weighted by molar-refractivity contribution is -0.146. The van der Waals surface area contributed by atoms with E-state index in [9.17, 15) is 14.4 Å². The smallest absolute Gasteiger partial charge is 0.323 e. The number of amides is 2. The van der Waals surface area contributed by atoms with E-state index in [1.165, 1.54) is 0 Å². The molecule has 0 saturated heterocycles. The summed E-state index contributed by atoms with van der Waals surface area (Å²) < 4.78 is 0. The highest BCUT2D eigenvalue weighted by atomic mass is 16.4. The maximum absolute atomic E-state index is 11.9. The summed E-state index contributed by atoms with van der Waals surface area (Å²) in [7, 11) is 0. The van der Waals surface area contributed by atoms with Crippen LogP contribution < -0.4 is 5.73 Å². The van der Waals surface area contributed by atoms with Crippen LogP contribution in [-0.4, -0.2) is 40.9 Å². The molecule has 3 N–H and O–H groups in total. The number of carboxylic acid groups (broad SMARTS) is 1. The van der Waals surface area contributed by atoms with Crippen LogP contribution in [0.4, 0.5) is 0 Å². The topological polar surface area (TPSA) is 101 Å². The number of carbonyl (C=O) groups is 3. The molecule has 0 aliphatic heterocycles. The highest BCUT2D eigenvalue weighted by Crippen LogP contribution is 2.28. The molecule has 1 atom stereocenters. The van der Waals surface area contributed by atoms with Crippen molar-refractivity contribution >= 4 is 17.8 Å². The maximum Gasteiger partial charge on any atom is 0.323 e. The summed E-state index contributed by atoms with van der Waals surface area (Å²) in [5.41, 5.74) is 4.94. The van der Waals surface area contributed by atoms with Crippen molar-refractivity contribution in [2.45, 2.75) is 34.1 Å². The molecule has 0 fully saturated rings. The first kappa shape index (κ1) is 16.4. The van der Waals surface area contributed by atoms with Gasteiger partial charge in [-0.3, -0.25) is 14.4 Å². The Hall–Kier alpha value is -1.59. The van der Waals surface area contributed by atoms with Crippen molar-refractivity contribution in [1.29, 1.82) is 0 Å². The minimum Gasteiger partial charge on any atom is -0.480 e. The Kier molecular flexibility index (Phi) is 5.81. The molecule has 0 aliphatic rings. The number of carboxylic acids is 1. The van der Waals surface area contributed by atoms with Gasteiger partial charge in [0, 0.05) is 6.42 Å². The fourth-order valence-electron chi connectivity index (χ4n) is 1.28. The first-order chi connectivity index (χ1) is 8.04. The molecule has 0 spiro atoms. The van der Waals surface area contributed by atoms with Crippen LogP contribution in [-0.2, 0) is 14.4 Å². The Balaban J connectivity index is 4.65. The number of primary amides is 1. The molecule has 0 aromatic rings. The third-order valence-electron chi connectivity index (χ3n) is 2.98. The molecule has 0 aromatic carbocycles. The van der Waals surface area contributed by atoms with Crippen LogP contribution in [0, 0.1) is 11.3 Å². The first-order valence-electron chi connectivity index (χ1n) is 5.82. The highest BCUT2D eigenvalue weighted by Gasteiger charge is 2.26. The third kappa shape index (κ3) is 6.22. The van der Waals surface area contributed by atoms with Crippen LogP contribution in [0.15, 0.2) is 0 Å². The van der Waals surface area contributed by atoms with E-state index in [2.05, 4.69) is 0 Å². The molecule has 2 amide bonds. The molecule has 0 rings (SSSR count). The van der Waals surface area contributed by atoms with Crippen molar-refractivity contribution in [1.82, 2.24) is 4.90 Å².